The highest BCUT2D eigenvalue weighted by molar-refractivity contribution is 5.99. The first-order valence-corrected chi connectivity index (χ1v) is 11.1. The third-order valence-corrected chi connectivity index (χ3v) is 6.18. The molecule has 5 aliphatic rings. The number of aliphatic hydroxyl groups excluding tert-OH is 1. The van der Waals surface area contributed by atoms with Crippen molar-refractivity contribution in [3.63, 3.8) is 0 Å². The highest BCUT2D eigenvalue weighted by Crippen LogP contribution is 2.27. The molecule has 1 aromatic heterocycles. The Balaban J connectivity index is 1.27. The smallest absolute Gasteiger partial charge is 0.321 e. The molecule has 0 bridgehead atoms. The number of nitrogens with one attached hydrogen (secondary N) is 3. The molecular weight excluding hydrogens is 412 g/mol. The summed E-state index contributed by atoms with van der Waals surface area (Å²) >= 11 is 0. The summed E-state index contributed by atoms with van der Waals surface area (Å²) in [6.07, 6.45) is 10.6. The molecule has 6 rings (SSSR count). The third kappa shape index (κ3) is 3.75. The third-order valence-electron chi connectivity index (χ3n) is 6.18. The number of nitrogens with zero attached hydrogens (tertiary/aromatic N) is 7. The number of hydrogen-bond acceptors (Lipinski definition) is 9. The Bertz CT molecular complexity index is 1030. The van der Waals surface area contributed by atoms with E-state index in [4.69, 9.17) is 9.98 Å². The monoisotopic (exact) mass is 438 g/mol. The number of amides is 2. The van der Waals surface area contributed by atoms with E-state index in [1.54, 1.807) is 23.6 Å². The van der Waals surface area contributed by atoms with Gasteiger partial charge in [-0.15, -0.1) is 0 Å². The number of imidazole rings is 1. The molecule has 5 heterocycles. The summed E-state index contributed by atoms with van der Waals surface area (Å²) in [5.74, 6) is 0.954. The molecule has 1 aromatic rings. The molecule has 2 amide bonds. The van der Waals surface area contributed by atoms with Gasteiger partial charge in [-0.25, -0.2) is 19.8 Å². The zero-order valence-corrected chi connectivity index (χ0v) is 17.6. The maximum Gasteiger partial charge on any atom is 0.321 e. The quantitative estimate of drug-likeness (QED) is 0.504. The van der Waals surface area contributed by atoms with Gasteiger partial charge in [0, 0.05) is 25.0 Å². The zero-order chi connectivity index (χ0) is 21.7. The fourth-order valence-corrected chi connectivity index (χ4v) is 4.34. The van der Waals surface area contributed by atoms with Crippen LogP contribution in [0.2, 0.25) is 0 Å². The molecule has 12 nitrogen and oxygen atoms in total. The molecule has 2 saturated heterocycles. The number of aliphatic imine (C=N–C) groups is 2. The van der Waals surface area contributed by atoms with Crippen molar-refractivity contribution in [2.24, 2.45) is 21.0 Å². The van der Waals surface area contributed by atoms with Crippen LogP contribution in [-0.2, 0) is 6.54 Å². The van der Waals surface area contributed by atoms with Gasteiger partial charge in [-0.3, -0.25) is 9.47 Å². The summed E-state index contributed by atoms with van der Waals surface area (Å²) in [5, 5.41) is 24.8. The highest BCUT2D eigenvalue weighted by atomic mass is 16.3. The predicted octanol–water partition coefficient (Wildman–Crippen LogP) is -0.437. The molecule has 3 unspecified atom stereocenters. The molecule has 32 heavy (non-hydrogen) atoms. The Morgan fingerprint density at radius 3 is 2.88 bits per heavy atom. The minimum atomic E-state index is -1.06. The summed E-state index contributed by atoms with van der Waals surface area (Å²) in [6, 6.07) is -0.0278. The van der Waals surface area contributed by atoms with Gasteiger partial charge in [0.05, 0.1) is 17.3 Å². The Kier molecular flexibility index (Phi) is 4.68. The van der Waals surface area contributed by atoms with Gasteiger partial charge < -0.3 is 21.1 Å². The van der Waals surface area contributed by atoms with E-state index in [2.05, 4.69) is 30.9 Å². The zero-order valence-electron chi connectivity index (χ0n) is 17.6. The number of rotatable bonds is 4. The van der Waals surface area contributed by atoms with Crippen LogP contribution in [-0.4, -0.2) is 80.3 Å². The Labute approximate surface area is 184 Å². The molecule has 0 aromatic carbocycles. The van der Waals surface area contributed by atoms with Crippen molar-refractivity contribution in [3.05, 3.63) is 30.0 Å². The second-order valence-electron chi connectivity index (χ2n) is 8.76. The van der Waals surface area contributed by atoms with Gasteiger partial charge in [0.1, 0.15) is 6.33 Å². The number of carbonyl (C=O) groups excluding carboxylic acids is 1. The van der Waals surface area contributed by atoms with Crippen molar-refractivity contribution in [3.8, 4) is 0 Å². The lowest BCUT2D eigenvalue weighted by molar-refractivity contribution is 0.190. The van der Waals surface area contributed by atoms with E-state index in [1.807, 2.05) is 10.8 Å². The van der Waals surface area contributed by atoms with E-state index >= 15 is 0 Å². The predicted molar refractivity (Wildman–Crippen MR) is 117 cm³/mol. The topological polar surface area (TPSA) is 135 Å². The van der Waals surface area contributed by atoms with Gasteiger partial charge in [-0.05, 0) is 44.8 Å². The normalized spacial score (nSPS) is 30.9. The molecule has 0 radical (unpaired) electrons. The second kappa shape index (κ2) is 7.71. The Morgan fingerprint density at radius 1 is 1.28 bits per heavy atom. The van der Waals surface area contributed by atoms with Crippen LogP contribution in [0.3, 0.4) is 0 Å². The van der Waals surface area contributed by atoms with E-state index < -0.39 is 12.3 Å². The number of fused-ring (bicyclic) bond motifs is 1. The van der Waals surface area contributed by atoms with Crippen LogP contribution in [0, 0.1) is 5.92 Å². The number of guanidine groups is 1. The Hall–Kier alpha value is -3.25. The molecule has 3 fully saturated rings. The minimum absolute atomic E-state index is 0.242. The number of aromatic nitrogens is 2. The maximum atomic E-state index is 11.5. The molecule has 3 atom stereocenters. The standard InChI is InChI=1S/C20H26N10O2/c31-17-15(24-20(32)26-17)7-12-8-22-30-16(12)25-18(27-19(30)23-13-3-4-13)29-10-14(21-11-29)9-28-5-1-2-6-28/h7-8,10-13,16-17,31H,1-6,9H2,(H,23,25,27)(H2,24,26,32). The van der Waals surface area contributed by atoms with Crippen molar-refractivity contribution in [1.82, 2.24) is 35.4 Å². The van der Waals surface area contributed by atoms with Crippen molar-refractivity contribution >= 4 is 24.2 Å². The van der Waals surface area contributed by atoms with Crippen molar-refractivity contribution in [2.75, 3.05) is 13.1 Å². The van der Waals surface area contributed by atoms with Crippen LogP contribution < -0.4 is 16.0 Å². The average molecular weight is 438 g/mol. The van der Waals surface area contributed by atoms with Crippen LogP contribution in [0.4, 0.5) is 4.79 Å². The maximum absolute atomic E-state index is 11.5. The van der Waals surface area contributed by atoms with E-state index in [0.29, 0.717) is 23.7 Å². The molecule has 168 valence electrons. The van der Waals surface area contributed by atoms with Gasteiger partial charge in [0.2, 0.25) is 11.9 Å². The molecule has 4 N–H and O–H groups in total. The summed E-state index contributed by atoms with van der Waals surface area (Å²) in [4.78, 5) is 28.1. The van der Waals surface area contributed by atoms with Gasteiger partial charge in [-0.1, -0.05) is 0 Å². The van der Waals surface area contributed by atoms with Gasteiger partial charge in [-0.2, -0.15) is 10.1 Å². The first-order valence-electron chi connectivity index (χ1n) is 11.1. The number of urea groups is 1. The number of hydrazone groups is 1. The SMILES string of the molecule is O=C1NC(=CC2C=NN3C(NC4CC4)=NC(n4cnc(CN5CCCC5)c4)=NC23)C(O)N1. The summed E-state index contributed by atoms with van der Waals surface area (Å²) in [6.45, 7) is 3.06. The van der Waals surface area contributed by atoms with Gasteiger partial charge in [0.15, 0.2) is 12.4 Å². The number of likely N-dealkylation sites (tertiary alicyclic amines) is 1. The lowest BCUT2D eigenvalue weighted by Gasteiger charge is -2.29. The molecule has 12 heteroatoms. The van der Waals surface area contributed by atoms with Crippen LogP contribution in [0.25, 0.3) is 0 Å². The molecule has 1 saturated carbocycles. The minimum Gasteiger partial charge on any atom is -0.368 e. The van der Waals surface area contributed by atoms with Crippen LogP contribution >= 0.6 is 0 Å². The molecule has 1 aliphatic carbocycles. The summed E-state index contributed by atoms with van der Waals surface area (Å²) in [7, 11) is 0. The first-order chi connectivity index (χ1) is 15.6. The van der Waals surface area contributed by atoms with Gasteiger partial charge in [0.25, 0.3) is 0 Å². The van der Waals surface area contributed by atoms with Crippen LogP contribution in [0.1, 0.15) is 31.4 Å². The number of carbonyl (C=O) groups is 1. The first kappa shape index (κ1) is 19.4. The van der Waals surface area contributed by atoms with E-state index in [1.165, 1.54) is 12.8 Å². The second-order valence-corrected chi connectivity index (χ2v) is 8.76. The van der Waals surface area contributed by atoms with E-state index in [9.17, 15) is 9.90 Å². The van der Waals surface area contributed by atoms with E-state index in [0.717, 1.165) is 38.2 Å². The number of hydrogen-bond donors (Lipinski definition) is 4. The van der Waals surface area contributed by atoms with Gasteiger partial charge >= 0.3 is 6.03 Å². The Morgan fingerprint density at radius 2 is 2.12 bits per heavy atom. The van der Waals surface area contributed by atoms with E-state index in [-0.39, 0.29) is 12.1 Å². The molecule has 4 aliphatic heterocycles. The lowest BCUT2D eigenvalue weighted by Crippen LogP contribution is -2.47. The fraction of sp³-hybridized carbons (Fsp3) is 0.550. The van der Waals surface area contributed by atoms with Crippen LogP contribution in [0.15, 0.2) is 39.4 Å². The highest BCUT2D eigenvalue weighted by Gasteiger charge is 2.39. The van der Waals surface area contributed by atoms with Crippen LogP contribution in [0.5, 0.6) is 0 Å². The largest absolute Gasteiger partial charge is 0.368 e. The number of aliphatic hydroxyl groups is 1. The van der Waals surface area contributed by atoms with Crippen molar-refractivity contribution in [2.45, 2.75) is 50.7 Å². The molecule has 0 spiro atoms. The summed E-state index contributed by atoms with van der Waals surface area (Å²) in [5.41, 5.74) is 1.40. The summed E-state index contributed by atoms with van der Waals surface area (Å²) < 4.78 is 1.85. The van der Waals surface area contributed by atoms with Crippen molar-refractivity contribution in [1.29, 1.82) is 0 Å². The molecular formula is C20H26N10O2. The lowest BCUT2D eigenvalue weighted by atomic mass is 10.1. The fourth-order valence-electron chi connectivity index (χ4n) is 4.34. The average Bonchev–Trinajstić information content (AvgIpc) is 3.17. The van der Waals surface area contributed by atoms with Crippen molar-refractivity contribution < 1.29 is 9.90 Å².